The Hall–Kier alpha value is -2.67. The zero-order valence-electron chi connectivity index (χ0n) is 18.1. The highest BCUT2D eigenvalue weighted by Crippen LogP contribution is 2.33. The first-order chi connectivity index (χ1) is 14.5. The van der Waals surface area contributed by atoms with Crippen LogP contribution >= 0.6 is 11.3 Å². The molecule has 7 heteroatoms. The second kappa shape index (κ2) is 9.64. The van der Waals surface area contributed by atoms with Gasteiger partial charge in [0.05, 0.1) is 22.9 Å². The highest BCUT2D eigenvalue weighted by atomic mass is 35.5. The number of hydrogen-bond donors (Lipinski definition) is 0. The summed E-state index contributed by atoms with van der Waals surface area (Å²) in [5, 5.41) is 2.76. The Bertz CT molecular complexity index is 1220. The van der Waals surface area contributed by atoms with E-state index in [9.17, 15) is 4.79 Å². The quantitative estimate of drug-likeness (QED) is 0.447. The normalized spacial score (nSPS) is 11.0. The van der Waals surface area contributed by atoms with Crippen molar-refractivity contribution in [1.29, 1.82) is 0 Å². The van der Waals surface area contributed by atoms with Crippen molar-refractivity contribution >= 4 is 43.4 Å². The van der Waals surface area contributed by atoms with Crippen molar-refractivity contribution in [2.24, 2.45) is 0 Å². The Balaban J connectivity index is 0.00000272. The van der Waals surface area contributed by atoms with E-state index in [-0.39, 0.29) is 18.3 Å². The second-order valence-corrected chi connectivity index (χ2v) is 8.64. The summed E-state index contributed by atoms with van der Waals surface area (Å²) in [5.74, 6) is 0.473. The van der Waals surface area contributed by atoms with Gasteiger partial charge in [0.15, 0.2) is 5.13 Å². The van der Waals surface area contributed by atoms with E-state index in [4.69, 9.17) is 9.72 Å². The second-order valence-electron chi connectivity index (χ2n) is 7.63. The molecule has 1 aromatic heterocycles. The minimum absolute atomic E-state index is 0. The lowest BCUT2D eigenvalue weighted by molar-refractivity contribution is -0.0000143. The first-order valence-corrected chi connectivity index (χ1v) is 10.7. The number of amides is 1. The van der Waals surface area contributed by atoms with Crippen LogP contribution in [-0.2, 0) is 0 Å². The minimum Gasteiger partial charge on any atom is -1.00 e. The van der Waals surface area contributed by atoms with Crippen molar-refractivity contribution in [1.82, 2.24) is 9.88 Å². The third-order valence-electron chi connectivity index (χ3n) is 5.08. The molecule has 0 radical (unpaired) electrons. The topological polar surface area (TPSA) is 45.7 Å². The predicted octanol–water partition coefficient (Wildman–Crippen LogP) is 1.98. The fourth-order valence-corrected chi connectivity index (χ4v) is 4.51. The molecule has 0 atom stereocenters. The van der Waals surface area contributed by atoms with Gasteiger partial charge in [-0.25, -0.2) is 4.98 Å². The zero-order valence-corrected chi connectivity index (χ0v) is 19.6. The molecule has 0 N–H and O–H groups in total. The molecule has 0 saturated carbocycles. The number of thiazole rings is 1. The molecule has 0 aliphatic rings. The number of ether oxygens (including phenoxy) is 1. The van der Waals surface area contributed by atoms with Crippen LogP contribution in [0.5, 0.6) is 5.75 Å². The van der Waals surface area contributed by atoms with E-state index in [1.54, 1.807) is 23.3 Å². The number of carbonyl (C=O) groups excluding carboxylic acids is 1. The summed E-state index contributed by atoms with van der Waals surface area (Å²) in [4.78, 5) is 22.3. The number of rotatable bonds is 6. The zero-order chi connectivity index (χ0) is 21.3. The van der Waals surface area contributed by atoms with Gasteiger partial charge >= 0.3 is 0 Å². The number of aromatic nitrogens is 1. The summed E-state index contributed by atoms with van der Waals surface area (Å²) in [5.41, 5.74) is 2.64. The molecule has 4 rings (SSSR count). The minimum atomic E-state index is -0.102. The van der Waals surface area contributed by atoms with Crippen LogP contribution < -0.4 is 22.0 Å². The number of halogens is 1. The SMILES string of the molecule is COc1cc2ccccc2cc1C(=O)N(CCN(C)C)c1nc2ccc(C)cc2s1.[Cl-]. The summed E-state index contributed by atoms with van der Waals surface area (Å²) in [7, 11) is 5.60. The lowest BCUT2D eigenvalue weighted by Gasteiger charge is -2.23. The maximum Gasteiger partial charge on any atom is 0.263 e. The molecule has 1 amide bonds. The Morgan fingerprint density at radius 3 is 2.42 bits per heavy atom. The van der Waals surface area contributed by atoms with Crippen molar-refractivity contribution in [3.05, 3.63) is 65.7 Å². The average Bonchev–Trinajstić information content (AvgIpc) is 3.15. The number of hydrogen-bond acceptors (Lipinski definition) is 5. The first kappa shape index (κ1) is 23.0. The Morgan fingerprint density at radius 1 is 1.03 bits per heavy atom. The van der Waals surface area contributed by atoms with Crippen LogP contribution in [0.25, 0.3) is 21.0 Å². The highest BCUT2D eigenvalue weighted by Gasteiger charge is 2.24. The summed E-state index contributed by atoms with van der Waals surface area (Å²) in [6.07, 6.45) is 0. The van der Waals surface area contributed by atoms with Crippen LogP contribution in [0.4, 0.5) is 5.13 Å². The number of anilines is 1. The fourth-order valence-electron chi connectivity index (χ4n) is 3.42. The third-order valence-corrected chi connectivity index (χ3v) is 6.12. The largest absolute Gasteiger partial charge is 1.00 e. The van der Waals surface area contributed by atoms with Crippen molar-refractivity contribution < 1.29 is 21.9 Å². The Labute approximate surface area is 192 Å². The van der Waals surface area contributed by atoms with E-state index in [1.807, 2.05) is 62.6 Å². The van der Waals surface area contributed by atoms with Crippen LogP contribution in [0.2, 0.25) is 0 Å². The van der Waals surface area contributed by atoms with Crippen LogP contribution in [-0.4, -0.2) is 50.1 Å². The summed E-state index contributed by atoms with van der Waals surface area (Å²) >= 11 is 1.55. The smallest absolute Gasteiger partial charge is 0.263 e. The van der Waals surface area contributed by atoms with E-state index in [2.05, 4.69) is 17.9 Å². The molecule has 3 aromatic carbocycles. The number of nitrogens with zero attached hydrogens (tertiary/aromatic N) is 3. The molecule has 4 aromatic rings. The predicted molar refractivity (Wildman–Crippen MR) is 125 cm³/mol. The van der Waals surface area contributed by atoms with E-state index >= 15 is 0 Å². The van der Waals surface area contributed by atoms with E-state index < -0.39 is 0 Å². The van der Waals surface area contributed by atoms with Crippen LogP contribution in [0, 0.1) is 6.92 Å². The van der Waals surface area contributed by atoms with Crippen LogP contribution in [0.1, 0.15) is 15.9 Å². The molecule has 0 spiro atoms. The first-order valence-electron chi connectivity index (χ1n) is 9.87. The summed E-state index contributed by atoms with van der Waals surface area (Å²) < 4.78 is 6.67. The molecule has 0 aliphatic carbocycles. The van der Waals surface area contributed by atoms with Gasteiger partial charge in [0.2, 0.25) is 0 Å². The molecular weight excluding hydrogens is 430 g/mol. The van der Waals surface area contributed by atoms with Crippen LogP contribution in [0.3, 0.4) is 0 Å². The monoisotopic (exact) mass is 454 g/mol. The maximum absolute atomic E-state index is 13.7. The number of carbonyl (C=O) groups is 1. The molecule has 0 unspecified atom stereocenters. The molecule has 0 aliphatic heterocycles. The molecular formula is C24H25ClN3O2S-. The number of fused-ring (bicyclic) bond motifs is 2. The molecule has 5 nitrogen and oxygen atoms in total. The van der Waals surface area contributed by atoms with Gasteiger partial charge in [0.1, 0.15) is 5.75 Å². The van der Waals surface area contributed by atoms with Crippen LogP contribution in [0.15, 0.2) is 54.6 Å². The third kappa shape index (κ3) is 4.82. The van der Waals surface area contributed by atoms with E-state index in [0.717, 1.165) is 27.5 Å². The molecule has 0 bridgehead atoms. The van der Waals surface area contributed by atoms with Gasteiger partial charge in [-0.1, -0.05) is 41.7 Å². The number of likely N-dealkylation sites (N-methyl/N-ethyl adjacent to an activating group) is 1. The van der Waals surface area contributed by atoms with Gasteiger partial charge in [-0.15, -0.1) is 0 Å². The van der Waals surface area contributed by atoms with Crippen molar-refractivity contribution in [3.63, 3.8) is 0 Å². The fraction of sp³-hybridized carbons (Fsp3) is 0.250. The lowest BCUT2D eigenvalue weighted by Crippen LogP contribution is -3.00. The van der Waals surface area contributed by atoms with E-state index in [0.29, 0.717) is 23.0 Å². The molecule has 0 saturated heterocycles. The maximum atomic E-state index is 13.7. The van der Waals surface area contributed by atoms with E-state index in [1.165, 1.54) is 5.56 Å². The molecule has 31 heavy (non-hydrogen) atoms. The van der Waals surface area contributed by atoms with Gasteiger partial charge in [0.25, 0.3) is 5.91 Å². The van der Waals surface area contributed by atoms with Gasteiger partial charge in [-0.2, -0.15) is 0 Å². The van der Waals surface area contributed by atoms with Gasteiger partial charge < -0.3 is 22.0 Å². The molecule has 1 heterocycles. The number of methoxy groups -OCH3 is 1. The number of aryl methyl sites for hydroxylation is 1. The summed E-state index contributed by atoms with van der Waals surface area (Å²) in [6.45, 7) is 3.34. The Morgan fingerprint density at radius 2 is 1.74 bits per heavy atom. The van der Waals surface area contributed by atoms with Crippen molar-refractivity contribution in [2.75, 3.05) is 39.2 Å². The molecule has 0 fully saturated rings. The van der Waals surface area contributed by atoms with Crippen molar-refractivity contribution in [2.45, 2.75) is 6.92 Å². The van der Waals surface area contributed by atoms with Gasteiger partial charge in [-0.3, -0.25) is 9.69 Å². The highest BCUT2D eigenvalue weighted by molar-refractivity contribution is 7.22. The standard InChI is InChI=1S/C24H25N3O2S.ClH/c1-16-9-10-20-22(13-16)30-24(25-20)27(12-11-26(2)3)23(28)19-14-17-7-5-6-8-18(17)15-21(19)29-4;/h5-10,13-15H,11-12H2,1-4H3;1H/p-1. The average molecular weight is 455 g/mol. The summed E-state index contributed by atoms with van der Waals surface area (Å²) in [6, 6.07) is 18.0. The number of benzene rings is 3. The van der Waals surface area contributed by atoms with Gasteiger partial charge in [0, 0.05) is 13.1 Å². The van der Waals surface area contributed by atoms with Gasteiger partial charge in [-0.05, 0) is 61.6 Å². The molecule has 162 valence electrons. The lowest BCUT2D eigenvalue weighted by atomic mass is 10.0. The Kier molecular flexibility index (Phi) is 7.15. The van der Waals surface area contributed by atoms with Crippen molar-refractivity contribution in [3.8, 4) is 5.75 Å².